The van der Waals surface area contributed by atoms with Gasteiger partial charge < -0.3 is 18.6 Å². The summed E-state index contributed by atoms with van der Waals surface area (Å²) in [5, 5.41) is 0. The van der Waals surface area contributed by atoms with Crippen molar-refractivity contribution in [3.63, 3.8) is 0 Å². The average Bonchev–Trinajstić information content (AvgIpc) is 3.79. The first-order valence-corrected chi connectivity index (χ1v) is 20.3. The van der Waals surface area contributed by atoms with Crippen LogP contribution < -0.4 is 9.47 Å². The minimum absolute atomic E-state index is 0.175. The number of ether oxygens (including phenoxy) is 2. The van der Waals surface area contributed by atoms with Crippen LogP contribution in [0.25, 0.3) is 33.7 Å². The molecule has 0 saturated carbocycles. The Labute approximate surface area is 361 Å². The maximum absolute atomic E-state index is 14.6. The van der Waals surface area contributed by atoms with Gasteiger partial charge in [0.2, 0.25) is 0 Å². The van der Waals surface area contributed by atoms with Crippen LogP contribution in [0.1, 0.15) is 86.2 Å². The Balaban J connectivity index is 1.64. The number of hydrogen-bond acceptors (Lipinski definition) is 4. The van der Waals surface area contributed by atoms with Crippen molar-refractivity contribution in [3.05, 3.63) is 166 Å². The van der Waals surface area contributed by atoms with E-state index in [1.807, 2.05) is 110 Å². The van der Waals surface area contributed by atoms with E-state index in [2.05, 4.69) is 41.5 Å². The molecule has 1 aliphatic heterocycles. The highest BCUT2D eigenvalue weighted by molar-refractivity contribution is 6.30. The summed E-state index contributed by atoms with van der Waals surface area (Å²) in [4.78, 5) is 5.40. The summed E-state index contributed by atoms with van der Waals surface area (Å²) in [6.07, 6.45) is -5.83. The Morgan fingerprint density at radius 3 is 1.65 bits per heavy atom. The zero-order valence-electron chi connectivity index (χ0n) is 36.3. The second-order valence-electron chi connectivity index (χ2n) is 17.6. The summed E-state index contributed by atoms with van der Waals surface area (Å²) in [5.41, 5.74) is 10.3. The molecule has 11 heteroatoms. The number of aliphatic imine (C=N–C) groups is 1. The van der Waals surface area contributed by atoms with E-state index >= 15 is 0 Å². The average molecular weight is 844 g/mol. The summed E-state index contributed by atoms with van der Waals surface area (Å²) in [5.74, 6) is -4.32. The van der Waals surface area contributed by atoms with E-state index in [1.165, 1.54) is 14.2 Å². The Morgan fingerprint density at radius 2 is 1.13 bits per heavy atom. The van der Waals surface area contributed by atoms with Gasteiger partial charge in [0.1, 0.15) is 18.1 Å². The van der Waals surface area contributed by atoms with E-state index in [9.17, 15) is 22.0 Å². The number of aromatic nitrogens is 1. The first kappa shape index (κ1) is 44.1. The molecule has 62 heavy (non-hydrogen) atoms. The largest absolute Gasteiger partial charge is 0.496 e. The quantitative estimate of drug-likeness (QED) is 0.0964. The van der Waals surface area contributed by atoms with Crippen LogP contribution in [0, 0.1) is 6.92 Å². The first-order chi connectivity index (χ1) is 29.2. The molecular weight excluding hydrogens is 794 g/mol. The smallest absolute Gasteiger partial charge is 0.455 e. The summed E-state index contributed by atoms with van der Waals surface area (Å²) in [7, 11) is 4.01. The fraction of sp³-hybridized carbons (Fsp3) is 0.275. The van der Waals surface area contributed by atoms with Gasteiger partial charge in [-0.1, -0.05) is 150 Å². The van der Waals surface area contributed by atoms with Crippen LogP contribution in [0.15, 0.2) is 126 Å². The molecular formula is C51H49BF5N2O3. The first-order valence-electron chi connectivity index (χ1n) is 20.3. The van der Waals surface area contributed by atoms with Crippen molar-refractivity contribution in [1.82, 2.24) is 4.48 Å². The van der Waals surface area contributed by atoms with Gasteiger partial charge in [0.25, 0.3) is 0 Å². The van der Waals surface area contributed by atoms with Crippen molar-refractivity contribution in [2.45, 2.75) is 71.4 Å². The van der Waals surface area contributed by atoms with Crippen LogP contribution in [0.5, 0.6) is 11.5 Å². The minimum Gasteiger partial charge on any atom is -0.496 e. The number of methoxy groups -OCH3 is 2. The van der Waals surface area contributed by atoms with Crippen LogP contribution in [-0.4, -0.2) is 50.7 Å². The number of rotatable bonds is 11. The summed E-state index contributed by atoms with van der Waals surface area (Å²) >= 11 is 0. The SMILES string of the molecule is COc1cccc(OC)c1/C(=C1/N=C(c2ccc(C)cc2)c2ccccc21)c1c(-c2ccc(C(C)(C)C)cc2)cc(-c2ccc(C(C)(C)C)cc2)n1[B]OCC(F)(F)C(F)(F)F. The molecule has 0 atom stereocenters. The molecule has 2 heterocycles. The van der Waals surface area contributed by atoms with E-state index in [0.29, 0.717) is 56.6 Å². The third-order valence-electron chi connectivity index (χ3n) is 11.1. The van der Waals surface area contributed by atoms with Gasteiger partial charge in [0, 0.05) is 39.2 Å². The van der Waals surface area contributed by atoms with E-state index in [0.717, 1.165) is 46.6 Å². The van der Waals surface area contributed by atoms with Crippen LogP contribution in [0.4, 0.5) is 22.0 Å². The Kier molecular flexibility index (Phi) is 11.9. The third-order valence-corrected chi connectivity index (χ3v) is 11.1. The van der Waals surface area contributed by atoms with Crippen molar-refractivity contribution in [2.24, 2.45) is 4.99 Å². The van der Waals surface area contributed by atoms with Crippen molar-refractivity contribution in [1.29, 1.82) is 0 Å². The fourth-order valence-corrected chi connectivity index (χ4v) is 7.62. The number of hydrogen-bond donors (Lipinski definition) is 0. The number of aryl methyl sites for hydroxylation is 1. The van der Waals surface area contributed by atoms with Crippen LogP contribution >= 0.6 is 0 Å². The number of alkyl halides is 5. The van der Waals surface area contributed by atoms with Gasteiger partial charge in [-0.3, -0.25) is 0 Å². The van der Waals surface area contributed by atoms with Crippen molar-refractivity contribution in [2.75, 3.05) is 20.8 Å². The van der Waals surface area contributed by atoms with Gasteiger partial charge in [0.05, 0.1) is 31.2 Å². The van der Waals surface area contributed by atoms with E-state index in [4.69, 9.17) is 19.1 Å². The van der Waals surface area contributed by atoms with E-state index < -0.39 is 18.7 Å². The zero-order chi connectivity index (χ0) is 44.8. The molecule has 1 radical (unpaired) electrons. The summed E-state index contributed by atoms with van der Waals surface area (Å²) in [6.45, 7) is 12.7. The Morgan fingerprint density at radius 1 is 0.613 bits per heavy atom. The highest BCUT2D eigenvalue weighted by Gasteiger charge is 2.57. The van der Waals surface area contributed by atoms with Gasteiger partial charge in [-0.25, -0.2) is 4.99 Å². The molecule has 0 spiro atoms. The number of halogens is 5. The number of fused-ring (bicyclic) bond motifs is 1. The molecule has 5 aromatic carbocycles. The van der Waals surface area contributed by atoms with Gasteiger partial charge in [0.15, 0.2) is 0 Å². The van der Waals surface area contributed by atoms with Crippen LogP contribution in [-0.2, 0) is 15.5 Å². The van der Waals surface area contributed by atoms with Crippen LogP contribution in [0.2, 0.25) is 0 Å². The molecule has 1 aliphatic rings. The lowest BCUT2D eigenvalue weighted by atomic mass is 9.85. The fourth-order valence-electron chi connectivity index (χ4n) is 7.62. The zero-order valence-corrected chi connectivity index (χ0v) is 36.3. The summed E-state index contributed by atoms with van der Waals surface area (Å²) < 4.78 is 89.2. The predicted octanol–water partition coefficient (Wildman–Crippen LogP) is 13.1. The highest BCUT2D eigenvalue weighted by atomic mass is 19.4. The molecule has 0 fully saturated rings. The van der Waals surface area contributed by atoms with Gasteiger partial charge in [-0.15, -0.1) is 0 Å². The number of benzene rings is 5. The molecule has 319 valence electrons. The van der Waals surface area contributed by atoms with Crippen molar-refractivity contribution >= 4 is 24.6 Å². The monoisotopic (exact) mass is 843 g/mol. The van der Waals surface area contributed by atoms with E-state index in [1.54, 1.807) is 22.7 Å². The lowest BCUT2D eigenvalue weighted by Crippen LogP contribution is -2.41. The summed E-state index contributed by atoms with van der Waals surface area (Å²) in [6, 6.07) is 38.9. The molecule has 5 nitrogen and oxygen atoms in total. The molecule has 0 saturated heterocycles. The molecule has 1 aromatic heterocycles. The van der Waals surface area contributed by atoms with E-state index in [-0.39, 0.29) is 10.8 Å². The van der Waals surface area contributed by atoms with Gasteiger partial charge >= 0.3 is 19.7 Å². The lowest BCUT2D eigenvalue weighted by molar-refractivity contribution is -0.290. The molecule has 0 aliphatic carbocycles. The molecule has 6 aromatic rings. The minimum atomic E-state index is -5.83. The predicted molar refractivity (Wildman–Crippen MR) is 240 cm³/mol. The second kappa shape index (κ2) is 16.7. The van der Waals surface area contributed by atoms with Gasteiger partial charge in [-0.2, -0.15) is 22.0 Å². The van der Waals surface area contributed by atoms with Crippen molar-refractivity contribution < 1.29 is 36.1 Å². The van der Waals surface area contributed by atoms with Gasteiger partial charge in [-0.05, 0) is 58.2 Å². The molecule has 7 rings (SSSR count). The molecule has 0 unspecified atom stereocenters. The Hall–Kier alpha value is -5.94. The topological polar surface area (TPSA) is 45.0 Å². The molecule has 0 bridgehead atoms. The van der Waals surface area contributed by atoms with Crippen molar-refractivity contribution in [3.8, 4) is 33.9 Å². The van der Waals surface area contributed by atoms with Crippen LogP contribution in [0.3, 0.4) is 0 Å². The Bertz CT molecular complexity index is 2630. The normalized spacial score (nSPS) is 14.1. The molecule has 0 N–H and O–H groups in total. The second-order valence-corrected chi connectivity index (χ2v) is 17.6. The lowest BCUT2D eigenvalue weighted by Gasteiger charge is -2.24. The maximum atomic E-state index is 14.6. The maximum Gasteiger partial charge on any atom is 0.455 e. The highest BCUT2D eigenvalue weighted by Crippen LogP contribution is 2.50. The standard InChI is InChI=1S/C51H49BF5N2O3/c1-31-17-19-34(20-18-31)45-37-13-10-11-14-38(37)46(58-45)44(43-41(60-8)15-12-16-42(43)61-9)47-39(32-21-25-35(26-22-32)48(2,3)4)29-40(33-23-27-36(28-24-33)49(5,6)7)59(47)52-62-30-50(53,54)51(55,56)57/h10-29H,30H2,1-9H3/b46-44-. The molecule has 0 amide bonds. The number of nitrogens with zero attached hydrogens (tertiary/aromatic N) is 2. The third kappa shape index (κ3) is 8.60.